The van der Waals surface area contributed by atoms with Crippen LogP contribution in [0.3, 0.4) is 0 Å². The summed E-state index contributed by atoms with van der Waals surface area (Å²) in [5, 5.41) is 0. The Kier molecular flexibility index (Phi) is 3.51. The van der Waals surface area contributed by atoms with Crippen LogP contribution in [-0.2, 0) is 6.67 Å². The Morgan fingerprint density at radius 3 is 2.50 bits per heavy atom. The smallest absolute Gasteiger partial charge is 0.387 e. The zero-order valence-electron chi connectivity index (χ0n) is 6.61. The lowest BCUT2D eigenvalue weighted by atomic mass is 10.4. The summed E-state index contributed by atoms with van der Waals surface area (Å²) in [6.45, 7) is -0.925. The summed E-state index contributed by atoms with van der Waals surface area (Å²) in [6, 6.07) is 2.61. The molecule has 78 valence electrons. The van der Waals surface area contributed by atoms with Crippen LogP contribution in [-0.4, -0.2) is 11.3 Å². The summed E-state index contributed by atoms with van der Waals surface area (Å²) < 4.78 is 51.2. The predicted molar refractivity (Wildman–Crippen MR) is 48.4 cm³/mol. The van der Waals surface area contributed by atoms with Gasteiger partial charge < -0.3 is 4.74 Å². The summed E-state index contributed by atoms with van der Waals surface area (Å²) in [5.74, 6) is -0.617. The van der Waals surface area contributed by atoms with E-state index in [0.29, 0.717) is 0 Å². The second-order valence-corrected chi connectivity index (χ2v) is 3.43. The molecule has 1 heterocycles. The molecule has 0 spiro atoms. The second-order valence-electron chi connectivity index (χ2n) is 2.27. The van der Waals surface area contributed by atoms with Gasteiger partial charge in [0.2, 0.25) is 5.88 Å². The molecule has 0 bridgehead atoms. The quantitative estimate of drug-likeness (QED) is 0.617. The third kappa shape index (κ3) is 3.28. The molecular weight excluding hydrogens is 317 g/mol. The summed E-state index contributed by atoms with van der Waals surface area (Å²) in [4.78, 5) is 3.35. The average Bonchev–Trinajstić information content (AvgIpc) is 2.06. The van der Waals surface area contributed by atoms with Gasteiger partial charge in [0, 0.05) is 0 Å². The first kappa shape index (κ1) is 11.5. The van der Waals surface area contributed by atoms with Gasteiger partial charge in [-0.1, -0.05) is 0 Å². The van der Waals surface area contributed by atoms with Crippen molar-refractivity contribution >= 4 is 22.6 Å². The fourth-order valence-electron chi connectivity index (χ4n) is 0.717. The van der Waals surface area contributed by atoms with Crippen LogP contribution in [0.15, 0.2) is 12.1 Å². The Bertz CT molecular complexity index is 328. The fraction of sp³-hybridized carbons (Fsp3) is 0.286. The number of aromatic nitrogens is 1. The topological polar surface area (TPSA) is 22.1 Å². The Morgan fingerprint density at radius 2 is 2.00 bits per heavy atom. The number of hydrogen-bond acceptors (Lipinski definition) is 2. The van der Waals surface area contributed by atoms with Crippen molar-refractivity contribution in [3.63, 3.8) is 0 Å². The van der Waals surface area contributed by atoms with E-state index in [-0.39, 0.29) is 9.26 Å². The SMILES string of the molecule is FCc1ccc(I)c(OC(F)(F)F)n1. The number of halogens is 5. The molecule has 14 heavy (non-hydrogen) atoms. The maximum absolute atomic E-state index is 12.1. The molecule has 1 rings (SSSR count). The highest BCUT2D eigenvalue weighted by Gasteiger charge is 2.32. The molecule has 0 aliphatic rings. The Labute approximate surface area is 90.4 Å². The molecule has 0 unspecified atom stereocenters. The molecule has 1 aromatic rings. The summed E-state index contributed by atoms with van der Waals surface area (Å²) >= 11 is 1.62. The molecule has 1 aromatic heterocycles. The molecule has 0 amide bonds. The van der Waals surface area contributed by atoms with E-state index in [4.69, 9.17) is 0 Å². The number of pyridine rings is 1. The fourth-order valence-corrected chi connectivity index (χ4v) is 1.13. The first-order chi connectivity index (χ1) is 6.42. The van der Waals surface area contributed by atoms with Crippen molar-refractivity contribution in [2.75, 3.05) is 0 Å². The van der Waals surface area contributed by atoms with E-state index in [9.17, 15) is 17.6 Å². The first-order valence-electron chi connectivity index (χ1n) is 3.39. The molecule has 0 saturated carbocycles. The third-order valence-electron chi connectivity index (χ3n) is 1.22. The summed E-state index contributed by atoms with van der Waals surface area (Å²) in [6.07, 6.45) is -4.80. The van der Waals surface area contributed by atoms with Gasteiger partial charge in [0.05, 0.1) is 9.26 Å². The molecule has 0 radical (unpaired) electrons. The van der Waals surface area contributed by atoms with E-state index in [1.54, 1.807) is 22.6 Å². The highest BCUT2D eigenvalue weighted by Crippen LogP contribution is 2.25. The predicted octanol–water partition coefficient (Wildman–Crippen LogP) is 3.05. The van der Waals surface area contributed by atoms with Gasteiger partial charge in [-0.3, -0.25) is 0 Å². The van der Waals surface area contributed by atoms with Crippen molar-refractivity contribution in [2.24, 2.45) is 0 Å². The van der Waals surface area contributed by atoms with Gasteiger partial charge in [-0.25, -0.2) is 9.37 Å². The van der Waals surface area contributed by atoms with Gasteiger partial charge >= 0.3 is 6.36 Å². The first-order valence-corrected chi connectivity index (χ1v) is 4.47. The number of alkyl halides is 4. The van der Waals surface area contributed by atoms with Crippen molar-refractivity contribution in [1.29, 1.82) is 0 Å². The molecule has 7 heteroatoms. The van der Waals surface area contributed by atoms with Gasteiger partial charge in [0.25, 0.3) is 0 Å². The zero-order valence-corrected chi connectivity index (χ0v) is 8.76. The molecule has 0 N–H and O–H groups in total. The number of hydrogen-bond donors (Lipinski definition) is 0. The van der Waals surface area contributed by atoms with E-state index < -0.39 is 18.9 Å². The van der Waals surface area contributed by atoms with Crippen LogP contribution in [0.2, 0.25) is 0 Å². The number of rotatable bonds is 2. The van der Waals surface area contributed by atoms with Gasteiger partial charge in [0.1, 0.15) is 6.67 Å². The van der Waals surface area contributed by atoms with Gasteiger partial charge in [-0.2, -0.15) is 0 Å². The normalized spacial score (nSPS) is 11.5. The van der Waals surface area contributed by atoms with Gasteiger partial charge in [0.15, 0.2) is 0 Å². The number of nitrogens with zero attached hydrogens (tertiary/aromatic N) is 1. The molecule has 0 aliphatic heterocycles. The lowest BCUT2D eigenvalue weighted by Gasteiger charge is -2.09. The van der Waals surface area contributed by atoms with Crippen LogP contribution in [0.5, 0.6) is 5.88 Å². The zero-order chi connectivity index (χ0) is 10.8. The summed E-state index contributed by atoms with van der Waals surface area (Å²) in [7, 11) is 0. The lowest BCUT2D eigenvalue weighted by Crippen LogP contribution is -2.19. The van der Waals surface area contributed by atoms with E-state index in [1.165, 1.54) is 12.1 Å². The van der Waals surface area contributed by atoms with Crippen LogP contribution in [0.1, 0.15) is 5.69 Å². The monoisotopic (exact) mass is 321 g/mol. The summed E-state index contributed by atoms with van der Waals surface area (Å²) in [5.41, 5.74) is -0.0929. The maximum Gasteiger partial charge on any atom is 0.574 e. The molecule has 2 nitrogen and oxygen atoms in total. The Morgan fingerprint density at radius 1 is 1.36 bits per heavy atom. The van der Waals surface area contributed by atoms with Crippen LogP contribution in [0.4, 0.5) is 17.6 Å². The Hall–Kier alpha value is -0.600. The lowest BCUT2D eigenvalue weighted by molar-refractivity contribution is -0.276. The van der Waals surface area contributed by atoms with Crippen LogP contribution < -0.4 is 4.74 Å². The van der Waals surface area contributed by atoms with E-state index >= 15 is 0 Å². The molecule has 0 aliphatic carbocycles. The average molecular weight is 321 g/mol. The van der Waals surface area contributed by atoms with Crippen LogP contribution >= 0.6 is 22.6 Å². The largest absolute Gasteiger partial charge is 0.574 e. The van der Waals surface area contributed by atoms with Crippen LogP contribution in [0.25, 0.3) is 0 Å². The van der Waals surface area contributed by atoms with Crippen molar-refractivity contribution in [2.45, 2.75) is 13.0 Å². The van der Waals surface area contributed by atoms with E-state index in [0.717, 1.165) is 0 Å². The second kappa shape index (κ2) is 4.28. The van der Waals surface area contributed by atoms with Crippen molar-refractivity contribution < 1.29 is 22.3 Å². The van der Waals surface area contributed by atoms with Crippen molar-refractivity contribution in [1.82, 2.24) is 4.98 Å². The standard InChI is InChI=1S/C7H4F4INO/c8-3-4-1-2-5(12)6(13-4)14-7(9,10)11/h1-2H,3H2. The minimum Gasteiger partial charge on any atom is -0.387 e. The molecule has 0 fully saturated rings. The number of ether oxygens (including phenoxy) is 1. The van der Waals surface area contributed by atoms with Gasteiger partial charge in [-0.05, 0) is 34.7 Å². The third-order valence-corrected chi connectivity index (χ3v) is 2.04. The van der Waals surface area contributed by atoms with Crippen LogP contribution in [0, 0.1) is 3.57 Å². The maximum atomic E-state index is 12.1. The molecule has 0 aromatic carbocycles. The minimum atomic E-state index is -4.80. The minimum absolute atomic E-state index is 0.0929. The molecule has 0 atom stereocenters. The molecular formula is C7H4F4INO. The Balaban J connectivity index is 2.95. The van der Waals surface area contributed by atoms with E-state index in [1.807, 2.05) is 0 Å². The molecule has 0 saturated heterocycles. The van der Waals surface area contributed by atoms with E-state index in [2.05, 4.69) is 9.72 Å². The highest BCUT2D eigenvalue weighted by atomic mass is 127. The van der Waals surface area contributed by atoms with Crippen molar-refractivity contribution in [3.8, 4) is 5.88 Å². The van der Waals surface area contributed by atoms with Gasteiger partial charge in [-0.15, -0.1) is 13.2 Å². The highest BCUT2D eigenvalue weighted by molar-refractivity contribution is 14.1. The van der Waals surface area contributed by atoms with Crippen molar-refractivity contribution in [3.05, 3.63) is 21.4 Å².